The summed E-state index contributed by atoms with van der Waals surface area (Å²) in [6.07, 6.45) is 2.53. The van der Waals surface area contributed by atoms with Crippen molar-refractivity contribution in [1.82, 2.24) is 10.2 Å². The summed E-state index contributed by atoms with van der Waals surface area (Å²) < 4.78 is 0. The molecular weight excluding hydrogens is 214 g/mol. The summed E-state index contributed by atoms with van der Waals surface area (Å²) in [5.41, 5.74) is 5.36. The topological polar surface area (TPSA) is 75.4 Å². The van der Waals surface area contributed by atoms with Crippen LogP contribution in [0.2, 0.25) is 0 Å². The summed E-state index contributed by atoms with van der Waals surface area (Å²) in [5, 5.41) is 2.26. The zero-order valence-electron chi connectivity index (χ0n) is 8.49. The lowest BCUT2D eigenvalue weighted by Crippen LogP contribution is -2.51. The van der Waals surface area contributed by atoms with Crippen LogP contribution in [0.4, 0.5) is 0 Å². The second-order valence-electron chi connectivity index (χ2n) is 3.61. The van der Waals surface area contributed by atoms with Gasteiger partial charge in [-0.25, -0.2) is 0 Å². The number of hydrogen-bond donors (Lipinski definition) is 2. The molecule has 0 aromatic carbocycles. The number of hydrogen-bond acceptors (Lipinski definition) is 4. The first-order valence-corrected chi connectivity index (χ1v) is 5.32. The second kappa shape index (κ2) is 5.77. The van der Waals surface area contributed by atoms with E-state index in [0.29, 0.717) is 18.1 Å². The number of carbonyl (C=O) groups is 2. The molecule has 0 unspecified atom stereocenters. The molecule has 5 nitrogen and oxygen atoms in total. The minimum Gasteiger partial charge on any atom is -0.393 e. The molecule has 0 saturated carbocycles. The van der Waals surface area contributed by atoms with E-state index in [0.717, 1.165) is 25.8 Å². The Labute approximate surface area is 94.0 Å². The van der Waals surface area contributed by atoms with E-state index in [-0.39, 0.29) is 11.8 Å². The summed E-state index contributed by atoms with van der Waals surface area (Å²) in [6.45, 7) is 1.35. The maximum atomic E-state index is 11.0. The summed E-state index contributed by atoms with van der Waals surface area (Å²) in [5.74, 6) is -0.443. The van der Waals surface area contributed by atoms with Gasteiger partial charge in [-0.05, 0) is 25.8 Å². The van der Waals surface area contributed by atoms with Crippen LogP contribution in [0.25, 0.3) is 0 Å². The van der Waals surface area contributed by atoms with E-state index in [9.17, 15) is 9.59 Å². The van der Waals surface area contributed by atoms with Crippen LogP contribution in [0.3, 0.4) is 0 Å². The molecule has 84 valence electrons. The van der Waals surface area contributed by atoms with Crippen molar-refractivity contribution in [1.29, 1.82) is 0 Å². The van der Waals surface area contributed by atoms with Crippen molar-refractivity contribution >= 4 is 29.0 Å². The Hall–Kier alpha value is -1.01. The molecule has 6 heteroatoms. The molecule has 0 bridgehead atoms. The molecule has 0 aromatic rings. The molecule has 1 heterocycles. The first kappa shape index (κ1) is 12.1. The van der Waals surface area contributed by atoms with Crippen molar-refractivity contribution < 1.29 is 9.59 Å². The fourth-order valence-electron chi connectivity index (χ4n) is 1.49. The van der Waals surface area contributed by atoms with Crippen molar-refractivity contribution in [3.05, 3.63) is 0 Å². The molecule has 1 aliphatic heterocycles. The van der Waals surface area contributed by atoms with Crippen molar-refractivity contribution in [2.45, 2.75) is 19.3 Å². The van der Waals surface area contributed by atoms with Gasteiger partial charge < -0.3 is 5.73 Å². The average molecular weight is 229 g/mol. The molecule has 15 heavy (non-hydrogen) atoms. The zero-order valence-corrected chi connectivity index (χ0v) is 9.31. The normalized spacial score (nSPS) is 17.6. The third-order valence-corrected chi connectivity index (χ3v) is 2.36. The van der Waals surface area contributed by atoms with Gasteiger partial charge in [-0.3, -0.25) is 19.8 Å². The van der Waals surface area contributed by atoms with Gasteiger partial charge in [0.1, 0.15) is 0 Å². The fraction of sp³-hybridized carbons (Fsp3) is 0.667. The quantitative estimate of drug-likeness (QED) is 0.374. The molecule has 0 aliphatic carbocycles. The third-order valence-electron chi connectivity index (χ3n) is 2.16. The van der Waals surface area contributed by atoms with Gasteiger partial charge in [-0.2, -0.15) is 0 Å². The Morgan fingerprint density at radius 1 is 1.33 bits per heavy atom. The number of unbranched alkanes of at least 4 members (excludes halogenated alkanes) is 1. The van der Waals surface area contributed by atoms with Crippen LogP contribution >= 0.6 is 12.2 Å². The van der Waals surface area contributed by atoms with E-state index in [1.807, 2.05) is 4.90 Å². The molecule has 0 radical (unpaired) electrons. The highest BCUT2D eigenvalue weighted by Gasteiger charge is 2.21. The fourth-order valence-corrected chi connectivity index (χ4v) is 1.63. The van der Waals surface area contributed by atoms with Gasteiger partial charge >= 0.3 is 0 Å². The minimum atomic E-state index is -0.222. The summed E-state index contributed by atoms with van der Waals surface area (Å²) >= 11 is 4.75. The second-order valence-corrected chi connectivity index (χ2v) is 4.13. The Bertz CT molecular complexity index is 265. The maximum Gasteiger partial charge on any atom is 0.240 e. The average Bonchev–Trinajstić information content (AvgIpc) is 2.10. The Balaban J connectivity index is 2.18. The maximum absolute atomic E-state index is 11.0. The highest BCUT2D eigenvalue weighted by Crippen LogP contribution is 2.01. The number of piperazine rings is 1. The van der Waals surface area contributed by atoms with Gasteiger partial charge in [0.2, 0.25) is 11.8 Å². The first-order valence-electron chi connectivity index (χ1n) is 4.91. The van der Waals surface area contributed by atoms with Crippen LogP contribution in [0.1, 0.15) is 19.3 Å². The van der Waals surface area contributed by atoms with Crippen LogP contribution in [0, 0.1) is 0 Å². The molecule has 0 atom stereocenters. The van der Waals surface area contributed by atoms with Crippen LogP contribution in [-0.2, 0) is 9.59 Å². The Morgan fingerprint density at radius 3 is 2.47 bits per heavy atom. The largest absolute Gasteiger partial charge is 0.393 e. The van der Waals surface area contributed by atoms with Crippen molar-refractivity contribution in [2.24, 2.45) is 5.73 Å². The molecule has 1 saturated heterocycles. The van der Waals surface area contributed by atoms with Crippen molar-refractivity contribution in [3.8, 4) is 0 Å². The van der Waals surface area contributed by atoms with E-state index in [4.69, 9.17) is 18.0 Å². The highest BCUT2D eigenvalue weighted by atomic mass is 32.1. The monoisotopic (exact) mass is 229 g/mol. The number of imide groups is 1. The molecular formula is C9H15N3O2S. The number of nitrogens with two attached hydrogens (primary N) is 1. The van der Waals surface area contributed by atoms with E-state index >= 15 is 0 Å². The molecule has 0 spiro atoms. The van der Waals surface area contributed by atoms with Gasteiger partial charge in [0.25, 0.3) is 0 Å². The van der Waals surface area contributed by atoms with Gasteiger partial charge in [-0.1, -0.05) is 12.2 Å². The molecule has 1 fully saturated rings. The minimum absolute atomic E-state index is 0.222. The molecule has 1 aliphatic rings. The highest BCUT2D eigenvalue weighted by molar-refractivity contribution is 7.80. The summed E-state index contributed by atoms with van der Waals surface area (Å²) in [6, 6.07) is 0. The number of carbonyl (C=O) groups excluding carboxylic acids is 2. The SMILES string of the molecule is NC(=S)CCCCN1CC(=O)NC(=O)C1. The van der Waals surface area contributed by atoms with Crippen molar-refractivity contribution in [3.63, 3.8) is 0 Å². The van der Waals surface area contributed by atoms with Gasteiger partial charge in [0.15, 0.2) is 0 Å². The Kier molecular flexibility index (Phi) is 4.64. The predicted molar refractivity (Wildman–Crippen MR) is 60.2 cm³/mol. The summed E-state index contributed by atoms with van der Waals surface area (Å²) in [7, 11) is 0. The van der Waals surface area contributed by atoms with Crippen LogP contribution in [0.15, 0.2) is 0 Å². The number of amides is 2. The third kappa shape index (κ3) is 4.85. The van der Waals surface area contributed by atoms with Crippen LogP contribution < -0.4 is 11.1 Å². The van der Waals surface area contributed by atoms with E-state index < -0.39 is 0 Å². The lowest BCUT2D eigenvalue weighted by molar-refractivity contribution is -0.136. The summed E-state index contributed by atoms with van der Waals surface area (Å²) in [4.78, 5) is 24.4. The standard InChI is InChI=1S/C9H15N3O2S/c10-7(15)3-1-2-4-12-5-8(13)11-9(14)6-12/h1-6H2,(H2,10,15)(H,11,13,14). The Morgan fingerprint density at radius 2 is 1.93 bits per heavy atom. The van der Waals surface area contributed by atoms with Gasteiger partial charge in [0, 0.05) is 0 Å². The van der Waals surface area contributed by atoms with Crippen molar-refractivity contribution in [2.75, 3.05) is 19.6 Å². The number of thiocarbonyl (C=S) groups is 1. The predicted octanol–water partition coefficient (Wildman–Crippen LogP) is -0.599. The lowest BCUT2D eigenvalue weighted by Gasteiger charge is -2.24. The van der Waals surface area contributed by atoms with E-state index in [2.05, 4.69) is 5.32 Å². The molecule has 1 rings (SSSR count). The smallest absolute Gasteiger partial charge is 0.240 e. The van der Waals surface area contributed by atoms with Gasteiger partial charge in [0.05, 0.1) is 18.1 Å². The zero-order chi connectivity index (χ0) is 11.3. The number of nitrogens with one attached hydrogen (secondary N) is 1. The van der Waals surface area contributed by atoms with Crippen LogP contribution in [-0.4, -0.2) is 41.3 Å². The van der Waals surface area contributed by atoms with Crippen LogP contribution in [0.5, 0.6) is 0 Å². The number of nitrogens with zero attached hydrogens (tertiary/aromatic N) is 1. The van der Waals surface area contributed by atoms with E-state index in [1.165, 1.54) is 0 Å². The van der Waals surface area contributed by atoms with E-state index in [1.54, 1.807) is 0 Å². The number of rotatable bonds is 5. The lowest BCUT2D eigenvalue weighted by atomic mass is 10.2. The van der Waals surface area contributed by atoms with Gasteiger partial charge in [-0.15, -0.1) is 0 Å². The molecule has 2 amide bonds. The molecule has 0 aromatic heterocycles. The first-order chi connectivity index (χ1) is 7.08. The molecule has 3 N–H and O–H groups in total.